The molecule has 0 bridgehead atoms. The zero-order valence-electron chi connectivity index (χ0n) is 18.4. The fourth-order valence-corrected chi connectivity index (χ4v) is 3.13. The van der Waals surface area contributed by atoms with Crippen LogP contribution in [0.3, 0.4) is 0 Å². The number of alkyl halides is 3. The minimum absolute atomic E-state index is 0.113. The Morgan fingerprint density at radius 2 is 1.75 bits per heavy atom. The molecule has 1 amide bonds. The van der Waals surface area contributed by atoms with E-state index < -0.39 is 53.2 Å². The number of amides is 1. The van der Waals surface area contributed by atoms with Gasteiger partial charge in [-0.25, -0.2) is 13.6 Å². The van der Waals surface area contributed by atoms with E-state index in [0.29, 0.717) is 11.8 Å². The highest BCUT2D eigenvalue weighted by Gasteiger charge is 2.42. The number of nitrogens with two attached hydrogens (primary N) is 1. The summed E-state index contributed by atoms with van der Waals surface area (Å²) in [6.45, 7) is 8.24. The maximum atomic E-state index is 14.1. The first kappa shape index (κ1) is 25.4. The van der Waals surface area contributed by atoms with Crippen LogP contribution in [0.1, 0.15) is 63.3 Å². The first-order valence-corrected chi connectivity index (χ1v) is 9.88. The number of hydrogen-bond donors (Lipinski definition) is 2. The highest BCUT2D eigenvalue weighted by atomic mass is 19.4. The van der Waals surface area contributed by atoms with Gasteiger partial charge in [0, 0.05) is 0 Å². The predicted molar refractivity (Wildman–Crippen MR) is 111 cm³/mol. The Balaban J connectivity index is 2.46. The average molecular weight is 459 g/mol. The van der Waals surface area contributed by atoms with Crippen LogP contribution in [-0.2, 0) is 11.2 Å². The Labute approximate surface area is 183 Å². The van der Waals surface area contributed by atoms with E-state index in [2.05, 4.69) is 10.3 Å². The van der Waals surface area contributed by atoms with Gasteiger partial charge >= 0.3 is 12.3 Å². The predicted octanol–water partition coefficient (Wildman–Crippen LogP) is 6.30. The third kappa shape index (κ3) is 6.54. The summed E-state index contributed by atoms with van der Waals surface area (Å²) >= 11 is 0. The lowest BCUT2D eigenvalue weighted by atomic mass is 9.88. The smallest absolute Gasteiger partial charge is 0.412 e. The molecule has 2 aromatic rings. The van der Waals surface area contributed by atoms with Crippen LogP contribution in [0.5, 0.6) is 0 Å². The van der Waals surface area contributed by atoms with Gasteiger partial charge in [-0.15, -0.1) is 0 Å². The molecular formula is C22H26F5N3O2. The van der Waals surface area contributed by atoms with Gasteiger partial charge < -0.3 is 10.5 Å². The van der Waals surface area contributed by atoms with E-state index in [0.717, 1.165) is 12.1 Å². The van der Waals surface area contributed by atoms with Crippen molar-refractivity contribution >= 4 is 17.5 Å². The molecule has 0 fully saturated rings. The fraction of sp³-hybridized carbons (Fsp3) is 0.455. The minimum atomic E-state index is -4.78. The van der Waals surface area contributed by atoms with Crippen LogP contribution < -0.4 is 11.1 Å². The minimum Gasteiger partial charge on any atom is -0.444 e. The number of nitrogen functional groups attached to an aromatic ring is 1. The molecule has 3 N–H and O–H groups in total. The average Bonchev–Trinajstić information content (AvgIpc) is 2.61. The lowest BCUT2D eigenvalue weighted by Gasteiger charge is -2.23. The Morgan fingerprint density at radius 3 is 2.28 bits per heavy atom. The Kier molecular flexibility index (Phi) is 7.36. The molecule has 1 atom stereocenters. The molecule has 0 radical (unpaired) electrons. The lowest BCUT2D eigenvalue weighted by molar-refractivity contribution is -0.151. The van der Waals surface area contributed by atoms with Crippen LogP contribution >= 0.6 is 0 Å². The van der Waals surface area contributed by atoms with Gasteiger partial charge in [0.25, 0.3) is 0 Å². The van der Waals surface area contributed by atoms with Gasteiger partial charge in [-0.2, -0.15) is 13.2 Å². The van der Waals surface area contributed by atoms with Crippen molar-refractivity contribution < 1.29 is 31.5 Å². The summed E-state index contributed by atoms with van der Waals surface area (Å²) in [4.78, 5) is 15.5. The maximum absolute atomic E-state index is 14.1. The van der Waals surface area contributed by atoms with Crippen molar-refractivity contribution in [2.45, 2.75) is 64.7 Å². The highest BCUT2D eigenvalue weighted by Crippen LogP contribution is 2.39. The zero-order valence-corrected chi connectivity index (χ0v) is 18.4. The van der Waals surface area contributed by atoms with Crippen molar-refractivity contribution in [1.29, 1.82) is 0 Å². The van der Waals surface area contributed by atoms with Crippen LogP contribution in [0.15, 0.2) is 24.4 Å². The monoisotopic (exact) mass is 459 g/mol. The van der Waals surface area contributed by atoms with Crippen LogP contribution in [0.4, 0.5) is 38.1 Å². The van der Waals surface area contributed by atoms with Gasteiger partial charge in [-0.3, -0.25) is 10.3 Å². The molecule has 176 valence electrons. The fourth-order valence-electron chi connectivity index (χ4n) is 3.13. The number of halogens is 5. The quantitative estimate of drug-likeness (QED) is 0.406. The summed E-state index contributed by atoms with van der Waals surface area (Å²) in [5.41, 5.74) is 4.06. The molecule has 1 heterocycles. The SMILES string of the molecule is CC(C)c1cc(N)c(F)cc1CC(c1cc(NC(=O)OC(C)(C)C)c(F)cn1)C(F)(F)F. The van der Waals surface area contributed by atoms with Gasteiger partial charge in [-0.05, 0) is 62.4 Å². The number of hydrogen-bond acceptors (Lipinski definition) is 4. The number of pyridine rings is 1. The van der Waals surface area contributed by atoms with E-state index >= 15 is 0 Å². The number of nitrogens with zero attached hydrogens (tertiary/aromatic N) is 1. The molecule has 0 aliphatic carbocycles. The zero-order chi connectivity index (χ0) is 24.4. The number of aromatic nitrogens is 1. The van der Waals surface area contributed by atoms with Crippen molar-refractivity contribution in [1.82, 2.24) is 4.98 Å². The summed E-state index contributed by atoms with van der Waals surface area (Å²) in [5, 5.41) is 2.10. The number of anilines is 2. The van der Waals surface area contributed by atoms with Crippen molar-refractivity contribution in [2.75, 3.05) is 11.1 Å². The van der Waals surface area contributed by atoms with E-state index in [-0.39, 0.29) is 17.2 Å². The number of carbonyl (C=O) groups is 1. The number of rotatable bonds is 5. The second-order valence-corrected chi connectivity index (χ2v) is 8.74. The van der Waals surface area contributed by atoms with Gasteiger partial charge in [0.05, 0.1) is 23.3 Å². The van der Waals surface area contributed by atoms with Crippen molar-refractivity contribution in [2.24, 2.45) is 0 Å². The second kappa shape index (κ2) is 9.30. The Hall–Kier alpha value is -2.91. The molecule has 0 spiro atoms. The Bertz CT molecular complexity index is 985. The molecule has 0 aliphatic heterocycles. The molecule has 5 nitrogen and oxygen atoms in total. The molecule has 0 saturated carbocycles. The van der Waals surface area contributed by atoms with Crippen molar-refractivity contribution in [3.63, 3.8) is 0 Å². The van der Waals surface area contributed by atoms with Gasteiger partial charge in [0.1, 0.15) is 17.3 Å². The van der Waals surface area contributed by atoms with Crippen LogP contribution in [0, 0.1) is 11.6 Å². The number of ether oxygens (including phenoxy) is 1. The van der Waals surface area contributed by atoms with Gasteiger partial charge in [0.15, 0.2) is 5.82 Å². The summed E-state index contributed by atoms with van der Waals surface area (Å²) < 4.78 is 75.1. The highest BCUT2D eigenvalue weighted by molar-refractivity contribution is 5.85. The second-order valence-electron chi connectivity index (χ2n) is 8.74. The van der Waals surface area contributed by atoms with E-state index in [4.69, 9.17) is 10.5 Å². The van der Waals surface area contributed by atoms with E-state index in [1.165, 1.54) is 6.07 Å². The van der Waals surface area contributed by atoms with Gasteiger partial charge in [-0.1, -0.05) is 13.8 Å². The third-order valence-electron chi connectivity index (χ3n) is 4.57. The number of benzene rings is 1. The molecule has 1 aromatic carbocycles. The number of nitrogens with one attached hydrogen (secondary N) is 1. The Morgan fingerprint density at radius 1 is 1.12 bits per heavy atom. The van der Waals surface area contributed by atoms with E-state index in [1.54, 1.807) is 34.6 Å². The third-order valence-corrected chi connectivity index (χ3v) is 4.57. The first-order chi connectivity index (χ1) is 14.6. The molecule has 32 heavy (non-hydrogen) atoms. The van der Waals surface area contributed by atoms with Crippen LogP contribution in [-0.4, -0.2) is 22.9 Å². The van der Waals surface area contributed by atoms with E-state index in [9.17, 15) is 26.7 Å². The van der Waals surface area contributed by atoms with Crippen LogP contribution in [0.2, 0.25) is 0 Å². The summed E-state index contributed by atoms with van der Waals surface area (Å²) in [6, 6.07) is 3.10. The summed E-state index contributed by atoms with van der Waals surface area (Å²) in [5.74, 6) is -4.25. The molecule has 1 unspecified atom stereocenters. The number of carbonyl (C=O) groups excluding carboxylic acids is 1. The van der Waals surface area contributed by atoms with Crippen LogP contribution in [0.25, 0.3) is 0 Å². The topological polar surface area (TPSA) is 77.2 Å². The normalized spacial score (nSPS) is 13.2. The van der Waals surface area contributed by atoms with Crippen molar-refractivity contribution in [3.05, 3.63) is 52.9 Å². The van der Waals surface area contributed by atoms with Crippen molar-refractivity contribution in [3.8, 4) is 0 Å². The van der Waals surface area contributed by atoms with E-state index in [1.807, 2.05) is 0 Å². The largest absolute Gasteiger partial charge is 0.444 e. The molecule has 2 rings (SSSR count). The standard InChI is InChI=1S/C22H26F5N3O2/c1-11(2)13-8-17(28)15(23)7-12(13)6-14(22(25,26)27)18-9-19(16(24)10-29-18)30-20(31)32-21(3,4)5/h7-11,14H,6,28H2,1-5H3,(H,29,30,31). The molecule has 0 aliphatic rings. The maximum Gasteiger partial charge on any atom is 0.412 e. The lowest BCUT2D eigenvalue weighted by Crippen LogP contribution is -2.28. The summed E-state index contributed by atoms with van der Waals surface area (Å²) in [7, 11) is 0. The molecule has 1 aromatic heterocycles. The first-order valence-electron chi connectivity index (χ1n) is 9.88. The molecule has 0 saturated heterocycles. The van der Waals surface area contributed by atoms with Gasteiger partial charge in [0.2, 0.25) is 0 Å². The molecular weight excluding hydrogens is 433 g/mol. The summed E-state index contributed by atoms with van der Waals surface area (Å²) in [6.07, 6.45) is -5.85. The molecule has 10 heteroatoms.